The first-order valence-electron chi connectivity index (χ1n) is 8.93. The van der Waals surface area contributed by atoms with Gasteiger partial charge in [0.1, 0.15) is 5.01 Å². The number of Topliss-reactive ketones (excluding diaryl/α,β-unsaturated/α-hetero) is 1. The number of hydrogen-bond donors (Lipinski definition) is 1. The molecule has 0 radical (unpaired) electrons. The number of rotatable bonds is 7. The van der Waals surface area contributed by atoms with Crippen LogP contribution >= 0.6 is 24.8 Å². The van der Waals surface area contributed by atoms with Crippen molar-refractivity contribution in [1.29, 1.82) is 0 Å². The highest BCUT2D eigenvalue weighted by molar-refractivity contribution is 7.59. The van der Waals surface area contributed by atoms with E-state index in [-0.39, 0.29) is 37.5 Å². The van der Waals surface area contributed by atoms with Crippen molar-refractivity contribution in [3.8, 4) is 11.3 Å². The summed E-state index contributed by atoms with van der Waals surface area (Å²) in [7, 11) is 0. The summed E-state index contributed by atoms with van der Waals surface area (Å²) in [6.45, 7) is 3.87. The summed E-state index contributed by atoms with van der Waals surface area (Å²) in [6.07, 6.45) is 0.218. The minimum Gasteiger partial charge on any atom is -0.342 e. The molecule has 1 heterocycles. The molecule has 0 aliphatic carbocycles. The maximum Gasteiger partial charge on any atom is 0.251 e. The molecular formula is C22H24N2O2S2. The summed E-state index contributed by atoms with van der Waals surface area (Å²) in [4.78, 5) is 29.8. The van der Waals surface area contributed by atoms with E-state index in [1.54, 1.807) is 12.1 Å². The third-order valence-corrected chi connectivity index (χ3v) is 5.13. The van der Waals surface area contributed by atoms with Gasteiger partial charge in [-0.1, -0.05) is 62.4 Å². The van der Waals surface area contributed by atoms with Crippen molar-refractivity contribution in [2.75, 3.05) is 0 Å². The van der Waals surface area contributed by atoms with E-state index in [4.69, 9.17) is 0 Å². The molecule has 28 heavy (non-hydrogen) atoms. The Kier molecular flexibility index (Phi) is 7.96. The Morgan fingerprint density at radius 1 is 1.00 bits per heavy atom. The lowest BCUT2D eigenvalue weighted by Gasteiger charge is -2.21. The fourth-order valence-corrected chi connectivity index (χ4v) is 3.64. The summed E-state index contributed by atoms with van der Waals surface area (Å²) in [5, 5.41) is 5.61. The molecule has 0 aliphatic rings. The molecule has 2 aromatic carbocycles. The number of carbonyl (C=O) groups excluding carboxylic acids is 2. The smallest absolute Gasteiger partial charge is 0.251 e. The third-order valence-electron chi connectivity index (χ3n) is 4.28. The average molecular weight is 413 g/mol. The minimum absolute atomic E-state index is 0. The summed E-state index contributed by atoms with van der Waals surface area (Å²) in [6, 6.07) is 18.3. The average Bonchev–Trinajstić information content (AvgIpc) is 3.15. The van der Waals surface area contributed by atoms with Gasteiger partial charge in [-0.2, -0.15) is 13.5 Å². The van der Waals surface area contributed by atoms with Crippen LogP contribution in [-0.2, 0) is 11.2 Å². The van der Waals surface area contributed by atoms with Gasteiger partial charge < -0.3 is 5.32 Å². The molecular weight excluding hydrogens is 388 g/mol. The standard InChI is InChI=1S/C22H22N2O2S.H2S/c1-15(2)21(24-22(26)17-11-7-4-8-12-17)19(25)13-20-23-18(14-27-20)16-9-5-3-6-10-16;/h3-12,14-15,21H,13H2,1-2H3,(H,24,26);1H2/t21-;/m0./s1. The lowest BCUT2D eigenvalue weighted by Crippen LogP contribution is -2.45. The van der Waals surface area contributed by atoms with Crippen molar-refractivity contribution >= 4 is 36.5 Å². The predicted octanol–water partition coefficient (Wildman–Crippen LogP) is 4.49. The molecule has 0 bridgehead atoms. The second-order valence-electron chi connectivity index (χ2n) is 6.70. The van der Waals surface area contributed by atoms with Crippen LogP contribution in [0.15, 0.2) is 66.0 Å². The highest BCUT2D eigenvalue weighted by Crippen LogP contribution is 2.22. The first-order chi connectivity index (χ1) is 13.0. The van der Waals surface area contributed by atoms with Crippen LogP contribution in [0.1, 0.15) is 29.2 Å². The molecule has 0 fully saturated rings. The van der Waals surface area contributed by atoms with Gasteiger partial charge in [-0.3, -0.25) is 9.59 Å². The number of hydrogen-bond acceptors (Lipinski definition) is 4. The molecule has 0 saturated carbocycles. The van der Waals surface area contributed by atoms with Gasteiger partial charge in [-0.25, -0.2) is 4.98 Å². The molecule has 1 amide bonds. The molecule has 6 heteroatoms. The first-order valence-corrected chi connectivity index (χ1v) is 9.81. The van der Waals surface area contributed by atoms with E-state index in [1.165, 1.54) is 11.3 Å². The van der Waals surface area contributed by atoms with Crippen molar-refractivity contribution in [3.05, 3.63) is 76.6 Å². The Hall–Kier alpha value is -2.44. The second kappa shape index (κ2) is 10.2. The van der Waals surface area contributed by atoms with E-state index in [2.05, 4.69) is 10.3 Å². The number of benzene rings is 2. The molecule has 1 N–H and O–H groups in total. The van der Waals surface area contributed by atoms with Crippen LogP contribution in [0.3, 0.4) is 0 Å². The highest BCUT2D eigenvalue weighted by Gasteiger charge is 2.25. The van der Waals surface area contributed by atoms with Crippen molar-refractivity contribution < 1.29 is 9.59 Å². The Balaban J connectivity index is 0.00000280. The van der Waals surface area contributed by atoms with E-state index < -0.39 is 6.04 Å². The maximum atomic E-state index is 12.8. The van der Waals surface area contributed by atoms with Gasteiger partial charge in [0.05, 0.1) is 18.2 Å². The fourth-order valence-electron chi connectivity index (χ4n) is 2.83. The Bertz CT molecular complexity index is 909. The molecule has 3 aromatic rings. The summed E-state index contributed by atoms with van der Waals surface area (Å²) >= 11 is 1.47. The molecule has 1 atom stereocenters. The van der Waals surface area contributed by atoms with Crippen LogP contribution in [0.25, 0.3) is 11.3 Å². The van der Waals surface area contributed by atoms with Gasteiger partial charge in [-0.05, 0) is 18.1 Å². The normalized spacial score (nSPS) is 11.5. The molecule has 0 unspecified atom stereocenters. The quantitative estimate of drug-likeness (QED) is 0.622. The van der Waals surface area contributed by atoms with Crippen molar-refractivity contribution in [3.63, 3.8) is 0 Å². The molecule has 146 valence electrons. The monoisotopic (exact) mass is 412 g/mol. The number of carbonyl (C=O) groups is 2. The van der Waals surface area contributed by atoms with Crippen LogP contribution < -0.4 is 5.32 Å². The molecule has 1 aromatic heterocycles. The maximum absolute atomic E-state index is 12.8. The van der Waals surface area contributed by atoms with E-state index in [9.17, 15) is 9.59 Å². The van der Waals surface area contributed by atoms with Crippen LogP contribution in [0.4, 0.5) is 0 Å². The van der Waals surface area contributed by atoms with E-state index in [1.807, 2.05) is 67.8 Å². The zero-order chi connectivity index (χ0) is 19.2. The van der Waals surface area contributed by atoms with Gasteiger partial charge in [0.25, 0.3) is 5.91 Å². The highest BCUT2D eigenvalue weighted by atomic mass is 32.1. The number of amides is 1. The van der Waals surface area contributed by atoms with Gasteiger partial charge in [-0.15, -0.1) is 11.3 Å². The van der Waals surface area contributed by atoms with Crippen molar-refractivity contribution in [1.82, 2.24) is 10.3 Å². The van der Waals surface area contributed by atoms with E-state index in [0.29, 0.717) is 5.56 Å². The molecule has 0 spiro atoms. The SMILES string of the molecule is CC(C)[C@H](NC(=O)c1ccccc1)C(=O)Cc1nc(-c2ccccc2)cs1.S. The summed E-state index contributed by atoms with van der Waals surface area (Å²) < 4.78 is 0. The van der Waals surface area contributed by atoms with Crippen LogP contribution in [0.5, 0.6) is 0 Å². The topological polar surface area (TPSA) is 59.1 Å². The number of nitrogens with one attached hydrogen (secondary N) is 1. The molecule has 3 rings (SSSR count). The third kappa shape index (κ3) is 5.53. The number of ketones is 1. The fraction of sp³-hybridized carbons (Fsp3) is 0.227. The Morgan fingerprint density at radius 2 is 1.61 bits per heavy atom. The number of aromatic nitrogens is 1. The minimum atomic E-state index is -0.540. The second-order valence-corrected chi connectivity index (χ2v) is 7.64. The van der Waals surface area contributed by atoms with E-state index in [0.717, 1.165) is 16.3 Å². The largest absolute Gasteiger partial charge is 0.342 e. The van der Waals surface area contributed by atoms with Gasteiger partial charge in [0, 0.05) is 16.5 Å². The molecule has 4 nitrogen and oxygen atoms in total. The molecule has 0 aliphatic heterocycles. The Labute approximate surface area is 176 Å². The number of nitrogens with zero attached hydrogens (tertiary/aromatic N) is 1. The predicted molar refractivity (Wildman–Crippen MR) is 119 cm³/mol. The van der Waals surface area contributed by atoms with Crippen molar-refractivity contribution in [2.24, 2.45) is 5.92 Å². The summed E-state index contributed by atoms with van der Waals surface area (Å²) in [5.74, 6) is -0.256. The number of thiazole rings is 1. The van der Waals surface area contributed by atoms with Gasteiger partial charge in [0.2, 0.25) is 0 Å². The Morgan fingerprint density at radius 3 is 2.21 bits per heavy atom. The van der Waals surface area contributed by atoms with Crippen molar-refractivity contribution in [2.45, 2.75) is 26.3 Å². The van der Waals surface area contributed by atoms with Gasteiger partial charge >= 0.3 is 0 Å². The molecule has 0 saturated heterocycles. The first kappa shape index (κ1) is 21.9. The lowest BCUT2D eigenvalue weighted by atomic mass is 9.97. The van der Waals surface area contributed by atoms with Crippen LogP contribution in [0.2, 0.25) is 0 Å². The van der Waals surface area contributed by atoms with Crippen LogP contribution in [-0.4, -0.2) is 22.7 Å². The zero-order valence-electron chi connectivity index (χ0n) is 15.9. The van der Waals surface area contributed by atoms with Crippen LogP contribution in [0, 0.1) is 5.92 Å². The summed E-state index contributed by atoms with van der Waals surface area (Å²) in [5.41, 5.74) is 2.46. The van der Waals surface area contributed by atoms with E-state index >= 15 is 0 Å². The zero-order valence-corrected chi connectivity index (χ0v) is 17.7. The lowest BCUT2D eigenvalue weighted by molar-refractivity contribution is -0.121. The van der Waals surface area contributed by atoms with Gasteiger partial charge in [0.15, 0.2) is 5.78 Å².